The average Bonchev–Trinajstić information content (AvgIpc) is 3.04. The van der Waals surface area contributed by atoms with Crippen LogP contribution in [0.5, 0.6) is 0 Å². The van der Waals surface area contributed by atoms with Crippen molar-refractivity contribution in [3.05, 3.63) is 23.4 Å². The van der Waals surface area contributed by atoms with Gasteiger partial charge in [0.1, 0.15) is 5.82 Å². The van der Waals surface area contributed by atoms with Gasteiger partial charge < -0.3 is 10.3 Å². The molecule has 5 heteroatoms. The second-order valence-corrected chi connectivity index (χ2v) is 5.57. The summed E-state index contributed by atoms with van der Waals surface area (Å²) >= 11 is 0. The SMILES string of the molecule is CCn1nc(C)c(-c2cnc(C3CCNCC3)[nH]2)c1C. The third-order valence-corrected chi connectivity index (χ3v) is 4.27. The van der Waals surface area contributed by atoms with E-state index >= 15 is 0 Å². The zero-order valence-electron chi connectivity index (χ0n) is 12.5. The molecule has 0 bridgehead atoms. The fourth-order valence-electron chi connectivity index (χ4n) is 3.16. The van der Waals surface area contributed by atoms with Gasteiger partial charge >= 0.3 is 0 Å². The number of hydrogen-bond acceptors (Lipinski definition) is 3. The van der Waals surface area contributed by atoms with E-state index in [0.717, 1.165) is 36.8 Å². The first-order chi connectivity index (χ1) is 9.70. The van der Waals surface area contributed by atoms with Crippen LogP contribution in [0.15, 0.2) is 6.20 Å². The summed E-state index contributed by atoms with van der Waals surface area (Å²) in [5.74, 6) is 1.69. The Kier molecular flexibility index (Phi) is 3.61. The average molecular weight is 273 g/mol. The maximum atomic E-state index is 4.61. The first-order valence-electron chi connectivity index (χ1n) is 7.50. The summed E-state index contributed by atoms with van der Waals surface area (Å²) in [5, 5.41) is 7.98. The number of hydrogen-bond donors (Lipinski definition) is 2. The molecule has 0 saturated carbocycles. The van der Waals surface area contributed by atoms with Gasteiger partial charge in [-0.15, -0.1) is 0 Å². The number of nitrogens with zero attached hydrogens (tertiary/aromatic N) is 3. The molecule has 1 aliphatic heterocycles. The smallest absolute Gasteiger partial charge is 0.109 e. The van der Waals surface area contributed by atoms with Crippen LogP contribution in [-0.4, -0.2) is 32.8 Å². The van der Waals surface area contributed by atoms with Gasteiger partial charge in [-0.05, 0) is 46.7 Å². The summed E-state index contributed by atoms with van der Waals surface area (Å²) in [6.45, 7) is 9.40. The van der Waals surface area contributed by atoms with Crippen LogP contribution in [0.2, 0.25) is 0 Å². The highest BCUT2D eigenvalue weighted by Gasteiger charge is 2.20. The Labute approximate surface area is 119 Å². The molecule has 3 rings (SSSR count). The quantitative estimate of drug-likeness (QED) is 0.902. The molecule has 20 heavy (non-hydrogen) atoms. The van der Waals surface area contributed by atoms with Crippen LogP contribution >= 0.6 is 0 Å². The lowest BCUT2D eigenvalue weighted by molar-refractivity contribution is 0.447. The van der Waals surface area contributed by atoms with E-state index in [-0.39, 0.29) is 0 Å². The van der Waals surface area contributed by atoms with Crippen LogP contribution in [0, 0.1) is 13.8 Å². The van der Waals surface area contributed by atoms with E-state index in [1.54, 1.807) is 0 Å². The second-order valence-electron chi connectivity index (χ2n) is 5.57. The van der Waals surface area contributed by atoms with Gasteiger partial charge in [0, 0.05) is 23.7 Å². The Bertz CT molecular complexity index is 589. The van der Waals surface area contributed by atoms with Crippen LogP contribution in [0.25, 0.3) is 11.3 Å². The zero-order valence-corrected chi connectivity index (χ0v) is 12.5. The van der Waals surface area contributed by atoms with Crippen molar-refractivity contribution in [2.75, 3.05) is 13.1 Å². The van der Waals surface area contributed by atoms with Crippen LogP contribution in [0.4, 0.5) is 0 Å². The number of rotatable bonds is 3. The number of aromatic nitrogens is 4. The van der Waals surface area contributed by atoms with Gasteiger partial charge in [0.15, 0.2) is 0 Å². The summed E-state index contributed by atoms with van der Waals surface area (Å²) in [6.07, 6.45) is 4.30. The molecule has 0 atom stereocenters. The summed E-state index contributed by atoms with van der Waals surface area (Å²) in [4.78, 5) is 8.14. The molecule has 2 aromatic heterocycles. The van der Waals surface area contributed by atoms with Gasteiger partial charge in [0.25, 0.3) is 0 Å². The summed E-state index contributed by atoms with van der Waals surface area (Å²) in [6, 6.07) is 0. The molecular formula is C15H23N5. The van der Waals surface area contributed by atoms with Crippen LogP contribution < -0.4 is 5.32 Å². The van der Waals surface area contributed by atoms with Gasteiger partial charge in [-0.2, -0.15) is 5.10 Å². The van der Waals surface area contributed by atoms with Gasteiger partial charge in [0.05, 0.1) is 17.6 Å². The largest absolute Gasteiger partial charge is 0.342 e. The predicted molar refractivity (Wildman–Crippen MR) is 79.8 cm³/mol. The van der Waals surface area contributed by atoms with Crippen LogP contribution in [0.3, 0.4) is 0 Å². The molecule has 5 nitrogen and oxygen atoms in total. The lowest BCUT2D eigenvalue weighted by Crippen LogP contribution is -2.27. The van der Waals surface area contributed by atoms with E-state index < -0.39 is 0 Å². The van der Waals surface area contributed by atoms with E-state index in [2.05, 4.69) is 45.8 Å². The van der Waals surface area contributed by atoms with Crippen molar-refractivity contribution < 1.29 is 0 Å². The first-order valence-corrected chi connectivity index (χ1v) is 7.50. The van der Waals surface area contributed by atoms with Crippen molar-refractivity contribution in [3.8, 4) is 11.3 Å². The summed E-state index contributed by atoms with van der Waals surface area (Å²) in [7, 11) is 0. The normalized spacial score (nSPS) is 16.8. The molecule has 0 aliphatic carbocycles. The topological polar surface area (TPSA) is 58.5 Å². The minimum Gasteiger partial charge on any atom is -0.342 e. The standard InChI is InChI=1S/C15H23N5/c1-4-20-11(3)14(10(2)19-20)13-9-17-15(18-13)12-5-7-16-8-6-12/h9,12,16H,4-8H2,1-3H3,(H,17,18). The Balaban J connectivity index is 1.91. The molecule has 108 valence electrons. The number of aromatic amines is 1. The van der Waals surface area contributed by atoms with Gasteiger partial charge in [0.2, 0.25) is 0 Å². The monoisotopic (exact) mass is 273 g/mol. The number of imidazole rings is 1. The molecule has 2 N–H and O–H groups in total. The number of piperidine rings is 1. The Morgan fingerprint density at radius 1 is 1.30 bits per heavy atom. The Morgan fingerprint density at radius 2 is 2.05 bits per heavy atom. The van der Waals surface area contributed by atoms with Crippen molar-refractivity contribution in [2.24, 2.45) is 0 Å². The number of H-pyrrole nitrogens is 1. The zero-order chi connectivity index (χ0) is 14.1. The molecule has 1 fully saturated rings. The van der Waals surface area contributed by atoms with Gasteiger partial charge in [-0.3, -0.25) is 4.68 Å². The van der Waals surface area contributed by atoms with Crippen molar-refractivity contribution >= 4 is 0 Å². The van der Waals surface area contributed by atoms with E-state index in [9.17, 15) is 0 Å². The summed E-state index contributed by atoms with van der Waals surface area (Å²) < 4.78 is 2.05. The first kappa shape index (κ1) is 13.4. The fourth-order valence-corrected chi connectivity index (χ4v) is 3.16. The molecule has 0 spiro atoms. The number of aryl methyl sites for hydroxylation is 2. The van der Waals surface area contributed by atoms with Crippen LogP contribution in [-0.2, 0) is 6.54 Å². The molecule has 0 unspecified atom stereocenters. The van der Waals surface area contributed by atoms with Crippen LogP contribution in [0.1, 0.15) is 42.9 Å². The Morgan fingerprint density at radius 3 is 2.70 bits per heavy atom. The molecule has 2 aromatic rings. The minimum absolute atomic E-state index is 0.562. The lowest BCUT2D eigenvalue weighted by atomic mass is 9.98. The lowest BCUT2D eigenvalue weighted by Gasteiger charge is -2.20. The maximum absolute atomic E-state index is 4.61. The Hall–Kier alpha value is -1.62. The van der Waals surface area contributed by atoms with Crippen molar-refractivity contribution in [1.29, 1.82) is 0 Å². The third-order valence-electron chi connectivity index (χ3n) is 4.27. The van der Waals surface area contributed by atoms with Gasteiger partial charge in [-0.1, -0.05) is 0 Å². The molecule has 0 radical (unpaired) electrons. The minimum atomic E-state index is 0.562. The van der Waals surface area contributed by atoms with E-state index in [0.29, 0.717) is 5.92 Å². The molecule has 3 heterocycles. The molecule has 0 amide bonds. The highest BCUT2D eigenvalue weighted by atomic mass is 15.3. The highest BCUT2D eigenvalue weighted by molar-refractivity contribution is 5.64. The summed E-state index contributed by atoms with van der Waals surface area (Å²) in [5.41, 5.74) is 4.60. The fraction of sp³-hybridized carbons (Fsp3) is 0.600. The second kappa shape index (κ2) is 5.40. The van der Waals surface area contributed by atoms with Gasteiger partial charge in [-0.25, -0.2) is 4.98 Å². The molecular weight excluding hydrogens is 250 g/mol. The van der Waals surface area contributed by atoms with E-state index in [1.807, 2.05) is 6.20 Å². The van der Waals surface area contributed by atoms with E-state index in [1.165, 1.54) is 24.1 Å². The highest BCUT2D eigenvalue weighted by Crippen LogP contribution is 2.29. The van der Waals surface area contributed by atoms with Crippen molar-refractivity contribution in [3.63, 3.8) is 0 Å². The number of nitrogens with one attached hydrogen (secondary N) is 2. The van der Waals surface area contributed by atoms with E-state index in [4.69, 9.17) is 0 Å². The molecule has 0 aromatic carbocycles. The maximum Gasteiger partial charge on any atom is 0.109 e. The molecule has 1 aliphatic rings. The predicted octanol–water partition coefficient (Wildman–Crippen LogP) is 2.38. The molecule has 1 saturated heterocycles. The third kappa shape index (κ3) is 2.26. The van der Waals surface area contributed by atoms with Crippen molar-refractivity contribution in [2.45, 2.75) is 46.1 Å². The van der Waals surface area contributed by atoms with Crippen molar-refractivity contribution in [1.82, 2.24) is 25.1 Å².